The highest BCUT2D eigenvalue weighted by molar-refractivity contribution is 9.10. The van der Waals surface area contributed by atoms with E-state index in [-0.39, 0.29) is 16.2 Å². The molecule has 0 fully saturated rings. The summed E-state index contributed by atoms with van der Waals surface area (Å²) in [5.41, 5.74) is 1.12. The Morgan fingerprint density at radius 3 is 2.48 bits per heavy atom. The molecule has 1 heterocycles. The van der Waals surface area contributed by atoms with E-state index in [2.05, 4.69) is 36.3 Å². The number of pyridine rings is 1. The number of carbonyl (C=O) groups is 1. The number of hydrogen-bond acceptors (Lipinski definition) is 3. The van der Waals surface area contributed by atoms with Gasteiger partial charge in [0.2, 0.25) is 5.88 Å². The Balaban J connectivity index is 2.22. The lowest BCUT2D eigenvalue weighted by Crippen LogP contribution is -2.21. The zero-order chi connectivity index (χ0) is 18.6. The number of hydrogen-bond donors (Lipinski definition) is 2. The first kappa shape index (κ1) is 19.0. The van der Waals surface area contributed by atoms with Crippen molar-refractivity contribution in [2.24, 2.45) is 0 Å². The highest BCUT2D eigenvalue weighted by atomic mass is 79.9. The first-order chi connectivity index (χ1) is 11.8. The van der Waals surface area contributed by atoms with Gasteiger partial charge in [0.15, 0.2) is 5.82 Å². The van der Waals surface area contributed by atoms with Crippen LogP contribution in [0.5, 0.6) is 5.88 Å². The fraction of sp³-hybridized carbons (Fsp3) is 0.250. The van der Waals surface area contributed by atoms with Gasteiger partial charge in [-0.2, -0.15) is 8.78 Å². The van der Waals surface area contributed by atoms with E-state index in [1.54, 1.807) is 12.1 Å². The summed E-state index contributed by atoms with van der Waals surface area (Å²) in [4.78, 5) is 15.7. The number of amides is 2. The van der Waals surface area contributed by atoms with Crippen molar-refractivity contribution in [2.75, 3.05) is 10.6 Å². The number of nitrogens with one attached hydrogen (secondary N) is 2. The molecule has 0 bridgehead atoms. The van der Waals surface area contributed by atoms with Gasteiger partial charge in [-0.05, 0) is 33.5 Å². The molecule has 1 aromatic carbocycles. The van der Waals surface area contributed by atoms with Gasteiger partial charge in [-0.15, -0.1) is 0 Å². The van der Waals surface area contributed by atoms with Crippen LogP contribution in [0.25, 0.3) is 0 Å². The maximum absolute atomic E-state index is 13.6. The quantitative estimate of drug-likeness (QED) is 0.644. The highest BCUT2D eigenvalue weighted by Crippen LogP contribution is 2.29. The van der Waals surface area contributed by atoms with Crippen LogP contribution < -0.4 is 15.4 Å². The van der Waals surface area contributed by atoms with Crippen molar-refractivity contribution >= 4 is 33.3 Å². The molecule has 5 nitrogen and oxygen atoms in total. The molecule has 2 aromatic rings. The van der Waals surface area contributed by atoms with E-state index in [0.717, 1.165) is 11.6 Å². The van der Waals surface area contributed by atoms with E-state index in [9.17, 15) is 18.0 Å². The van der Waals surface area contributed by atoms with Crippen molar-refractivity contribution in [3.63, 3.8) is 0 Å². The van der Waals surface area contributed by atoms with Gasteiger partial charge in [0.25, 0.3) is 0 Å². The summed E-state index contributed by atoms with van der Waals surface area (Å²) >= 11 is 2.78. The van der Waals surface area contributed by atoms with Gasteiger partial charge in [-0.1, -0.05) is 32.0 Å². The number of para-hydroxylation sites is 1. The molecule has 0 unspecified atom stereocenters. The van der Waals surface area contributed by atoms with Gasteiger partial charge >= 0.3 is 12.6 Å². The second-order valence-corrected chi connectivity index (χ2v) is 6.06. The minimum atomic E-state index is -3.17. The number of benzene rings is 1. The molecular weight excluding hydrogens is 403 g/mol. The Bertz CT molecular complexity index is 772. The average Bonchev–Trinajstić information content (AvgIpc) is 2.52. The Hall–Kier alpha value is -2.29. The molecule has 2 amide bonds. The van der Waals surface area contributed by atoms with E-state index in [1.807, 2.05) is 26.0 Å². The molecule has 0 saturated carbocycles. The number of aromatic nitrogens is 1. The zero-order valence-corrected chi connectivity index (χ0v) is 14.9. The Morgan fingerprint density at radius 2 is 1.84 bits per heavy atom. The van der Waals surface area contributed by atoms with E-state index >= 15 is 0 Å². The lowest BCUT2D eigenvalue weighted by molar-refractivity contribution is -0.0524. The Morgan fingerprint density at radius 1 is 1.20 bits per heavy atom. The maximum atomic E-state index is 13.6. The largest absolute Gasteiger partial charge is 0.415 e. The van der Waals surface area contributed by atoms with Crippen molar-refractivity contribution in [3.8, 4) is 5.88 Å². The monoisotopic (exact) mass is 417 g/mol. The van der Waals surface area contributed by atoms with Gasteiger partial charge < -0.3 is 15.4 Å². The fourth-order valence-electron chi connectivity index (χ4n) is 2.10. The first-order valence-corrected chi connectivity index (χ1v) is 8.05. The fourth-order valence-corrected chi connectivity index (χ4v) is 2.38. The molecule has 1 aromatic heterocycles. The summed E-state index contributed by atoms with van der Waals surface area (Å²) in [6.45, 7) is 0.748. The van der Waals surface area contributed by atoms with Gasteiger partial charge in [0.1, 0.15) is 10.3 Å². The maximum Gasteiger partial charge on any atom is 0.388 e. The smallest absolute Gasteiger partial charge is 0.388 e. The van der Waals surface area contributed by atoms with Crippen molar-refractivity contribution in [1.82, 2.24) is 4.98 Å². The summed E-state index contributed by atoms with van der Waals surface area (Å²) in [6, 6.07) is 7.23. The van der Waals surface area contributed by atoms with Crippen LogP contribution in [0.3, 0.4) is 0 Å². The number of carbonyl (C=O) groups excluding carboxylic acids is 1. The summed E-state index contributed by atoms with van der Waals surface area (Å²) in [5, 5.41) is 4.87. The number of alkyl halides is 2. The van der Waals surface area contributed by atoms with Crippen LogP contribution in [-0.2, 0) is 0 Å². The zero-order valence-electron chi connectivity index (χ0n) is 13.3. The molecule has 0 aliphatic carbocycles. The van der Waals surface area contributed by atoms with Gasteiger partial charge in [0.05, 0.1) is 0 Å². The topological polar surface area (TPSA) is 63.2 Å². The lowest BCUT2D eigenvalue weighted by atomic mass is 10.0. The third-order valence-corrected chi connectivity index (χ3v) is 3.73. The summed E-state index contributed by atoms with van der Waals surface area (Å²) < 4.78 is 42.4. The number of ether oxygens (including phenoxy) is 1. The Labute approximate surface area is 150 Å². The number of nitrogens with zero attached hydrogens (tertiary/aromatic N) is 1. The second kappa shape index (κ2) is 8.19. The van der Waals surface area contributed by atoms with Crippen molar-refractivity contribution in [2.45, 2.75) is 26.4 Å². The van der Waals surface area contributed by atoms with E-state index in [1.165, 1.54) is 0 Å². The molecule has 2 rings (SSSR count). The third-order valence-electron chi connectivity index (χ3n) is 3.18. The molecule has 0 atom stereocenters. The molecule has 134 valence electrons. The Kier molecular flexibility index (Phi) is 6.24. The molecule has 25 heavy (non-hydrogen) atoms. The lowest BCUT2D eigenvalue weighted by Gasteiger charge is -2.15. The molecule has 9 heteroatoms. The molecule has 0 aliphatic rings. The third kappa shape index (κ3) is 5.09. The van der Waals surface area contributed by atoms with E-state index in [4.69, 9.17) is 0 Å². The van der Waals surface area contributed by atoms with Gasteiger partial charge in [-0.3, -0.25) is 0 Å². The standard InChI is InChI=1S/C16H15BrF3N3O2/c1-8(2)9-5-3-4-6-11(9)21-16(24)22-12-7-10(18)13(17)23-14(12)25-15(19)20/h3-8,15H,1-2H3,(H2,21,22,24). The molecule has 0 saturated heterocycles. The van der Waals surface area contributed by atoms with Crippen LogP contribution in [0.1, 0.15) is 25.3 Å². The molecule has 0 aliphatic heterocycles. The van der Waals surface area contributed by atoms with Crippen LogP contribution in [-0.4, -0.2) is 17.6 Å². The minimum Gasteiger partial charge on any atom is -0.415 e. The number of urea groups is 1. The van der Waals surface area contributed by atoms with Crippen molar-refractivity contribution in [1.29, 1.82) is 0 Å². The molecular formula is C16H15BrF3N3O2. The predicted octanol–water partition coefficient (Wildman–Crippen LogP) is 5.35. The predicted molar refractivity (Wildman–Crippen MR) is 91.7 cm³/mol. The van der Waals surface area contributed by atoms with Crippen LogP contribution >= 0.6 is 15.9 Å². The second-order valence-electron chi connectivity index (χ2n) is 5.31. The van der Waals surface area contributed by atoms with Crippen LogP contribution in [0.2, 0.25) is 0 Å². The molecule has 0 spiro atoms. The summed E-state index contributed by atoms with van der Waals surface area (Å²) in [6.07, 6.45) is 0. The SMILES string of the molecule is CC(C)c1ccccc1NC(=O)Nc1cc(F)c(Br)nc1OC(F)F. The van der Waals surface area contributed by atoms with Gasteiger partial charge in [-0.25, -0.2) is 14.2 Å². The number of halogens is 4. The van der Waals surface area contributed by atoms with Gasteiger partial charge in [0, 0.05) is 11.8 Å². The van der Waals surface area contributed by atoms with Crippen LogP contribution in [0.4, 0.5) is 29.3 Å². The van der Waals surface area contributed by atoms with E-state index < -0.39 is 24.3 Å². The number of anilines is 2. The van der Waals surface area contributed by atoms with Crippen molar-refractivity contribution < 1.29 is 22.7 Å². The molecule has 2 N–H and O–H groups in total. The van der Waals surface area contributed by atoms with E-state index in [0.29, 0.717) is 5.69 Å². The number of rotatable bonds is 5. The minimum absolute atomic E-state index is 0.154. The first-order valence-electron chi connectivity index (χ1n) is 7.25. The van der Waals surface area contributed by atoms with Crippen LogP contribution in [0, 0.1) is 5.82 Å². The normalized spacial score (nSPS) is 10.9. The summed E-state index contributed by atoms with van der Waals surface area (Å²) in [5.74, 6) is -1.28. The summed E-state index contributed by atoms with van der Waals surface area (Å²) in [7, 11) is 0. The average molecular weight is 418 g/mol. The van der Waals surface area contributed by atoms with Crippen LogP contribution in [0.15, 0.2) is 34.9 Å². The highest BCUT2D eigenvalue weighted by Gasteiger charge is 2.18. The molecule has 0 radical (unpaired) electrons. The van der Waals surface area contributed by atoms with Crippen molar-refractivity contribution in [3.05, 3.63) is 46.3 Å².